The first-order valence-corrected chi connectivity index (χ1v) is 11.4. The van der Waals surface area contributed by atoms with Crippen LogP contribution >= 0.6 is 0 Å². The van der Waals surface area contributed by atoms with Crippen LogP contribution in [0, 0.1) is 11.8 Å². The molecule has 0 bridgehead atoms. The van der Waals surface area contributed by atoms with Crippen molar-refractivity contribution in [1.29, 1.82) is 0 Å². The van der Waals surface area contributed by atoms with Gasteiger partial charge in [0.15, 0.2) is 6.61 Å². The third kappa shape index (κ3) is 4.81. The fourth-order valence-corrected chi connectivity index (χ4v) is 4.89. The molecule has 0 unspecified atom stereocenters. The van der Waals surface area contributed by atoms with Crippen molar-refractivity contribution in [3.05, 3.63) is 39.9 Å². The number of piperidine rings is 1. The molecule has 166 valence electrons. The highest BCUT2D eigenvalue weighted by atomic mass is 16.5. The van der Waals surface area contributed by atoms with E-state index in [0.29, 0.717) is 47.9 Å². The van der Waals surface area contributed by atoms with E-state index in [1.807, 2.05) is 0 Å². The fourth-order valence-electron chi connectivity index (χ4n) is 4.89. The first kappa shape index (κ1) is 21.5. The molecule has 1 aromatic carbocycles. The number of nitrogens with zero attached hydrogens (tertiary/aromatic N) is 3. The zero-order valence-electron chi connectivity index (χ0n) is 18.4. The SMILES string of the molecule is C[C@H]1C[C@H](C)CN(C(=O)COC(=O)c2ccc3c(=O)n4c(nc3c2)CCCCCC4)C1. The van der Waals surface area contributed by atoms with Crippen molar-refractivity contribution in [3.8, 4) is 0 Å². The smallest absolute Gasteiger partial charge is 0.338 e. The van der Waals surface area contributed by atoms with Gasteiger partial charge in [0, 0.05) is 26.1 Å². The summed E-state index contributed by atoms with van der Waals surface area (Å²) in [6.45, 7) is 6.10. The van der Waals surface area contributed by atoms with Gasteiger partial charge in [-0.05, 0) is 49.3 Å². The average Bonchev–Trinajstić information content (AvgIpc) is 2.72. The number of esters is 1. The molecule has 0 radical (unpaired) electrons. The minimum Gasteiger partial charge on any atom is -0.452 e. The predicted octanol–water partition coefficient (Wildman–Crippen LogP) is 3.17. The Kier molecular flexibility index (Phi) is 6.39. The van der Waals surface area contributed by atoms with Gasteiger partial charge in [-0.15, -0.1) is 0 Å². The second-order valence-electron chi connectivity index (χ2n) is 9.20. The van der Waals surface area contributed by atoms with Crippen LogP contribution in [0.15, 0.2) is 23.0 Å². The molecule has 0 spiro atoms. The number of aromatic nitrogens is 2. The Morgan fingerprint density at radius 1 is 1.10 bits per heavy atom. The van der Waals surface area contributed by atoms with Crippen molar-refractivity contribution in [3.63, 3.8) is 0 Å². The summed E-state index contributed by atoms with van der Waals surface area (Å²) < 4.78 is 7.08. The Morgan fingerprint density at radius 2 is 1.84 bits per heavy atom. The molecular formula is C24H31N3O4. The molecule has 1 saturated heterocycles. The van der Waals surface area contributed by atoms with Crippen molar-refractivity contribution in [2.24, 2.45) is 11.8 Å². The first-order chi connectivity index (χ1) is 14.9. The number of hydrogen-bond acceptors (Lipinski definition) is 5. The largest absolute Gasteiger partial charge is 0.452 e. The van der Waals surface area contributed by atoms with Crippen molar-refractivity contribution in [2.45, 2.75) is 58.9 Å². The van der Waals surface area contributed by atoms with Gasteiger partial charge in [0.05, 0.1) is 16.5 Å². The van der Waals surface area contributed by atoms with Crippen LogP contribution in [0.1, 0.15) is 62.1 Å². The summed E-state index contributed by atoms with van der Waals surface area (Å²) >= 11 is 0. The summed E-state index contributed by atoms with van der Waals surface area (Å²) in [6.07, 6.45) is 6.13. The number of hydrogen-bond donors (Lipinski definition) is 0. The normalized spacial score (nSPS) is 21.8. The molecule has 0 aliphatic carbocycles. The lowest BCUT2D eigenvalue weighted by Crippen LogP contribution is -2.44. The highest BCUT2D eigenvalue weighted by molar-refractivity contribution is 5.95. The molecule has 0 N–H and O–H groups in total. The lowest BCUT2D eigenvalue weighted by Gasteiger charge is -2.34. The van der Waals surface area contributed by atoms with Gasteiger partial charge in [-0.25, -0.2) is 9.78 Å². The molecular weight excluding hydrogens is 394 g/mol. The minimum absolute atomic E-state index is 0.0506. The summed E-state index contributed by atoms with van der Waals surface area (Å²) in [4.78, 5) is 44.5. The lowest BCUT2D eigenvalue weighted by molar-refractivity contribution is -0.137. The van der Waals surface area contributed by atoms with E-state index in [0.717, 1.165) is 44.3 Å². The first-order valence-electron chi connectivity index (χ1n) is 11.4. The van der Waals surface area contributed by atoms with E-state index in [-0.39, 0.29) is 18.1 Å². The van der Waals surface area contributed by atoms with Crippen LogP contribution in [-0.2, 0) is 22.5 Å². The molecule has 2 aliphatic rings. The van der Waals surface area contributed by atoms with Gasteiger partial charge < -0.3 is 9.64 Å². The van der Waals surface area contributed by atoms with E-state index in [1.165, 1.54) is 0 Å². The number of rotatable bonds is 3. The summed E-state index contributed by atoms with van der Waals surface area (Å²) in [5.74, 6) is 0.959. The average molecular weight is 426 g/mol. The Balaban J connectivity index is 1.49. The quantitative estimate of drug-likeness (QED) is 0.706. The van der Waals surface area contributed by atoms with Gasteiger partial charge in [-0.1, -0.05) is 26.7 Å². The Hall–Kier alpha value is -2.70. The van der Waals surface area contributed by atoms with Crippen LogP contribution in [0.3, 0.4) is 0 Å². The second kappa shape index (κ2) is 9.20. The summed E-state index contributed by atoms with van der Waals surface area (Å²) in [7, 11) is 0. The van der Waals surface area contributed by atoms with Gasteiger partial charge in [-0.3, -0.25) is 14.2 Å². The third-order valence-corrected chi connectivity index (χ3v) is 6.35. The van der Waals surface area contributed by atoms with Gasteiger partial charge in [0.1, 0.15) is 5.82 Å². The molecule has 31 heavy (non-hydrogen) atoms. The van der Waals surface area contributed by atoms with Gasteiger partial charge in [0.25, 0.3) is 11.5 Å². The number of amides is 1. The second-order valence-corrected chi connectivity index (χ2v) is 9.20. The standard InChI is InChI=1S/C24H31N3O4/c1-16-11-17(2)14-26(13-16)22(28)15-31-24(30)18-8-9-19-20(12-18)25-21-7-5-3-4-6-10-27(21)23(19)29/h8-9,12,16-17H,3-7,10-11,13-15H2,1-2H3/t16-,17-/m0/s1. The highest BCUT2D eigenvalue weighted by Gasteiger charge is 2.26. The maximum Gasteiger partial charge on any atom is 0.338 e. The van der Waals surface area contributed by atoms with Gasteiger partial charge in [-0.2, -0.15) is 0 Å². The number of carbonyl (C=O) groups excluding carboxylic acids is 2. The number of carbonyl (C=O) groups is 2. The summed E-state index contributed by atoms with van der Waals surface area (Å²) in [5, 5.41) is 0.508. The number of ether oxygens (including phenoxy) is 1. The number of aryl methyl sites for hydroxylation is 1. The predicted molar refractivity (Wildman–Crippen MR) is 118 cm³/mol. The van der Waals surface area contributed by atoms with Gasteiger partial charge >= 0.3 is 5.97 Å². The van der Waals surface area contributed by atoms with E-state index < -0.39 is 5.97 Å². The molecule has 2 aliphatic heterocycles. The molecule has 3 heterocycles. The zero-order valence-corrected chi connectivity index (χ0v) is 18.4. The molecule has 4 rings (SSSR count). The summed E-state index contributed by atoms with van der Waals surface area (Å²) in [5.41, 5.74) is 0.769. The van der Waals surface area contributed by atoms with Crippen LogP contribution in [0.5, 0.6) is 0 Å². The topological polar surface area (TPSA) is 81.5 Å². The van der Waals surface area contributed by atoms with Crippen molar-refractivity contribution in [1.82, 2.24) is 14.5 Å². The van der Waals surface area contributed by atoms with E-state index in [9.17, 15) is 14.4 Å². The Morgan fingerprint density at radius 3 is 2.61 bits per heavy atom. The molecule has 7 heteroatoms. The van der Waals surface area contributed by atoms with Crippen molar-refractivity contribution in [2.75, 3.05) is 19.7 Å². The van der Waals surface area contributed by atoms with Gasteiger partial charge in [0.2, 0.25) is 0 Å². The molecule has 2 aromatic rings. The third-order valence-electron chi connectivity index (χ3n) is 6.35. The van der Waals surface area contributed by atoms with E-state index in [2.05, 4.69) is 18.8 Å². The fraction of sp³-hybridized carbons (Fsp3) is 0.583. The van der Waals surface area contributed by atoms with E-state index in [1.54, 1.807) is 27.7 Å². The van der Waals surface area contributed by atoms with Crippen molar-refractivity contribution >= 4 is 22.8 Å². The molecule has 0 saturated carbocycles. The lowest BCUT2D eigenvalue weighted by atomic mass is 9.92. The maximum atomic E-state index is 12.9. The molecule has 1 amide bonds. The number of fused-ring (bicyclic) bond motifs is 2. The molecule has 1 fully saturated rings. The minimum atomic E-state index is -0.568. The van der Waals surface area contributed by atoms with E-state index in [4.69, 9.17) is 4.74 Å². The summed E-state index contributed by atoms with van der Waals surface area (Å²) in [6, 6.07) is 4.83. The van der Waals surface area contributed by atoms with Crippen LogP contribution < -0.4 is 5.56 Å². The number of benzene rings is 1. The zero-order chi connectivity index (χ0) is 22.0. The molecule has 7 nitrogen and oxygen atoms in total. The van der Waals surface area contributed by atoms with E-state index >= 15 is 0 Å². The Labute approximate surface area is 182 Å². The van der Waals surface area contributed by atoms with Crippen LogP contribution in [0.25, 0.3) is 10.9 Å². The number of likely N-dealkylation sites (tertiary alicyclic amines) is 1. The maximum absolute atomic E-state index is 12.9. The molecule has 2 atom stereocenters. The monoisotopic (exact) mass is 425 g/mol. The highest BCUT2D eigenvalue weighted by Crippen LogP contribution is 2.21. The van der Waals surface area contributed by atoms with Crippen molar-refractivity contribution < 1.29 is 14.3 Å². The molecule has 1 aromatic heterocycles. The van der Waals surface area contributed by atoms with Crippen LogP contribution in [-0.4, -0.2) is 46.0 Å². The van der Waals surface area contributed by atoms with Crippen LogP contribution in [0.2, 0.25) is 0 Å². The Bertz CT molecular complexity index is 1040. The van der Waals surface area contributed by atoms with Crippen LogP contribution in [0.4, 0.5) is 0 Å².